The molecule has 2 aliphatic rings. The van der Waals surface area contributed by atoms with Gasteiger partial charge < -0.3 is 15.2 Å². The van der Waals surface area contributed by atoms with Crippen LogP contribution in [-0.2, 0) is 22.6 Å². The average molecular weight is 342 g/mol. The third-order valence-corrected chi connectivity index (χ3v) is 5.09. The highest BCUT2D eigenvalue weighted by molar-refractivity contribution is 6.39. The summed E-state index contributed by atoms with van der Waals surface area (Å²) >= 11 is 0. The lowest BCUT2D eigenvalue weighted by molar-refractivity contribution is -0.143. The van der Waals surface area contributed by atoms with E-state index in [1.54, 1.807) is 11.2 Å². The predicted octanol–water partition coefficient (Wildman–Crippen LogP) is 1.29. The maximum absolute atomic E-state index is 12.4. The standard InChI is InChI=1S/C17H22N6O2/c24-16(20-15-9-13-3-1-2-6-23(13)21-15)17(25)22-7-4-12(5-8-22)14-10-18-11-19-14/h9-12H,1-8H2,(H,18,19)(H,20,21,24). The van der Waals surface area contributed by atoms with Crippen molar-refractivity contribution >= 4 is 17.6 Å². The molecule has 0 bridgehead atoms. The fourth-order valence-electron chi connectivity index (χ4n) is 3.68. The van der Waals surface area contributed by atoms with E-state index in [9.17, 15) is 9.59 Å². The fraction of sp³-hybridized carbons (Fsp3) is 0.529. The van der Waals surface area contributed by atoms with Crippen LogP contribution in [0.3, 0.4) is 0 Å². The fourth-order valence-corrected chi connectivity index (χ4v) is 3.68. The number of fused-ring (bicyclic) bond motifs is 1. The largest absolute Gasteiger partial charge is 0.348 e. The van der Waals surface area contributed by atoms with Crippen LogP contribution in [0.4, 0.5) is 5.82 Å². The van der Waals surface area contributed by atoms with Crippen LogP contribution in [0.25, 0.3) is 0 Å². The molecule has 0 radical (unpaired) electrons. The second-order valence-corrected chi connectivity index (χ2v) is 6.73. The van der Waals surface area contributed by atoms with E-state index in [1.165, 1.54) is 0 Å². The Morgan fingerprint density at radius 3 is 2.76 bits per heavy atom. The molecule has 0 spiro atoms. The number of rotatable bonds is 2. The molecular formula is C17H22N6O2. The molecule has 0 aromatic carbocycles. The molecule has 1 fully saturated rings. The normalized spacial score (nSPS) is 18.0. The summed E-state index contributed by atoms with van der Waals surface area (Å²) in [5, 5.41) is 7.02. The van der Waals surface area contributed by atoms with Gasteiger partial charge in [0.25, 0.3) is 0 Å². The Bertz CT molecular complexity index is 735. The summed E-state index contributed by atoms with van der Waals surface area (Å²) in [6.07, 6.45) is 8.38. The quantitative estimate of drug-likeness (QED) is 0.804. The molecule has 25 heavy (non-hydrogen) atoms. The molecule has 1 saturated heterocycles. The van der Waals surface area contributed by atoms with Crippen molar-refractivity contribution in [3.05, 3.63) is 30.0 Å². The predicted molar refractivity (Wildman–Crippen MR) is 90.9 cm³/mol. The van der Waals surface area contributed by atoms with Crippen LogP contribution in [0, 0.1) is 0 Å². The highest BCUT2D eigenvalue weighted by atomic mass is 16.2. The Balaban J connectivity index is 1.33. The minimum absolute atomic E-state index is 0.370. The number of hydrogen-bond acceptors (Lipinski definition) is 4. The SMILES string of the molecule is O=C(Nc1cc2n(n1)CCCC2)C(=O)N1CCC(c2cnc[nH]2)CC1. The van der Waals surface area contributed by atoms with Crippen molar-refractivity contribution in [3.63, 3.8) is 0 Å². The van der Waals surface area contributed by atoms with Gasteiger partial charge in [-0.1, -0.05) is 0 Å². The second-order valence-electron chi connectivity index (χ2n) is 6.73. The van der Waals surface area contributed by atoms with Gasteiger partial charge in [-0.2, -0.15) is 5.10 Å². The third-order valence-electron chi connectivity index (χ3n) is 5.09. The Labute approximate surface area is 145 Å². The lowest BCUT2D eigenvalue weighted by Crippen LogP contribution is -2.43. The summed E-state index contributed by atoms with van der Waals surface area (Å²) in [6, 6.07) is 1.87. The van der Waals surface area contributed by atoms with Gasteiger partial charge in [0.15, 0.2) is 5.82 Å². The number of piperidine rings is 1. The number of imidazole rings is 1. The first-order chi connectivity index (χ1) is 12.2. The van der Waals surface area contributed by atoms with Gasteiger partial charge >= 0.3 is 11.8 Å². The van der Waals surface area contributed by atoms with E-state index < -0.39 is 11.8 Å². The summed E-state index contributed by atoms with van der Waals surface area (Å²) in [6.45, 7) is 2.03. The molecule has 2 aliphatic heterocycles. The number of H-pyrrole nitrogens is 1. The molecule has 4 heterocycles. The summed E-state index contributed by atoms with van der Waals surface area (Å²) in [7, 11) is 0. The molecule has 2 aromatic rings. The highest BCUT2D eigenvalue weighted by Gasteiger charge is 2.28. The van der Waals surface area contributed by atoms with Gasteiger partial charge in [-0.15, -0.1) is 0 Å². The maximum atomic E-state index is 12.4. The number of aryl methyl sites for hydroxylation is 2. The van der Waals surface area contributed by atoms with Crippen molar-refractivity contribution < 1.29 is 9.59 Å². The number of carbonyl (C=O) groups excluding carboxylic acids is 2. The summed E-state index contributed by atoms with van der Waals surface area (Å²) < 4.78 is 1.92. The van der Waals surface area contributed by atoms with Crippen LogP contribution in [0.2, 0.25) is 0 Å². The minimum Gasteiger partial charge on any atom is -0.348 e. The molecule has 0 unspecified atom stereocenters. The Morgan fingerprint density at radius 1 is 1.20 bits per heavy atom. The van der Waals surface area contributed by atoms with Crippen molar-refractivity contribution in [2.45, 2.75) is 44.6 Å². The molecule has 2 aromatic heterocycles. The van der Waals surface area contributed by atoms with E-state index in [1.807, 2.05) is 16.9 Å². The lowest BCUT2D eigenvalue weighted by atomic mass is 9.94. The van der Waals surface area contributed by atoms with Crippen molar-refractivity contribution in [1.82, 2.24) is 24.6 Å². The van der Waals surface area contributed by atoms with Crippen LogP contribution in [0.5, 0.6) is 0 Å². The third kappa shape index (κ3) is 3.29. The Kier molecular flexibility index (Phi) is 4.25. The van der Waals surface area contributed by atoms with Gasteiger partial charge in [0, 0.05) is 49.2 Å². The van der Waals surface area contributed by atoms with E-state index in [2.05, 4.69) is 20.4 Å². The number of aromatic nitrogens is 4. The number of carbonyl (C=O) groups is 2. The van der Waals surface area contributed by atoms with E-state index in [0.29, 0.717) is 24.8 Å². The number of hydrogen-bond donors (Lipinski definition) is 2. The van der Waals surface area contributed by atoms with Crippen molar-refractivity contribution in [2.24, 2.45) is 0 Å². The second kappa shape index (κ2) is 6.70. The number of aromatic amines is 1. The summed E-state index contributed by atoms with van der Waals surface area (Å²) in [5.41, 5.74) is 2.22. The van der Waals surface area contributed by atoms with Crippen LogP contribution < -0.4 is 5.32 Å². The van der Waals surface area contributed by atoms with Crippen molar-refractivity contribution in [3.8, 4) is 0 Å². The van der Waals surface area contributed by atoms with Gasteiger partial charge in [-0.3, -0.25) is 14.3 Å². The molecule has 0 atom stereocenters. The molecule has 132 valence electrons. The highest BCUT2D eigenvalue weighted by Crippen LogP contribution is 2.26. The smallest absolute Gasteiger partial charge is 0.315 e. The van der Waals surface area contributed by atoms with Crippen LogP contribution in [0.15, 0.2) is 18.6 Å². The monoisotopic (exact) mass is 342 g/mol. The molecule has 2 N–H and O–H groups in total. The van der Waals surface area contributed by atoms with Crippen LogP contribution in [0.1, 0.15) is 43.0 Å². The average Bonchev–Trinajstić information content (AvgIpc) is 3.30. The number of anilines is 1. The zero-order valence-electron chi connectivity index (χ0n) is 14.1. The van der Waals surface area contributed by atoms with E-state index in [0.717, 1.165) is 50.0 Å². The van der Waals surface area contributed by atoms with E-state index >= 15 is 0 Å². The maximum Gasteiger partial charge on any atom is 0.315 e. The van der Waals surface area contributed by atoms with Crippen molar-refractivity contribution in [1.29, 1.82) is 0 Å². The first-order valence-corrected chi connectivity index (χ1v) is 8.86. The van der Waals surface area contributed by atoms with Gasteiger partial charge in [0.2, 0.25) is 0 Å². The van der Waals surface area contributed by atoms with Crippen LogP contribution >= 0.6 is 0 Å². The molecule has 0 aliphatic carbocycles. The van der Waals surface area contributed by atoms with E-state index in [-0.39, 0.29) is 0 Å². The molecule has 8 nitrogen and oxygen atoms in total. The molecular weight excluding hydrogens is 320 g/mol. The summed E-state index contributed by atoms with van der Waals surface area (Å²) in [5.74, 6) is -0.235. The number of likely N-dealkylation sites (tertiary alicyclic amines) is 1. The zero-order valence-corrected chi connectivity index (χ0v) is 14.1. The van der Waals surface area contributed by atoms with Gasteiger partial charge in [0.05, 0.1) is 6.33 Å². The van der Waals surface area contributed by atoms with Gasteiger partial charge in [0.1, 0.15) is 0 Å². The number of nitrogens with zero attached hydrogens (tertiary/aromatic N) is 4. The molecule has 0 saturated carbocycles. The van der Waals surface area contributed by atoms with Crippen molar-refractivity contribution in [2.75, 3.05) is 18.4 Å². The molecule has 2 amide bonds. The first kappa shape index (κ1) is 15.9. The Hall–Kier alpha value is -2.64. The van der Waals surface area contributed by atoms with Crippen LogP contribution in [-0.4, -0.2) is 49.6 Å². The van der Waals surface area contributed by atoms with E-state index in [4.69, 9.17) is 0 Å². The minimum atomic E-state index is -0.601. The van der Waals surface area contributed by atoms with Gasteiger partial charge in [-0.05, 0) is 32.1 Å². The number of nitrogens with one attached hydrogen (secondary N) is 2. The zero-order chi connectivity index (χ0) is 17.2. The molecule has 8 heteroatoms. The topological polar surface area (TPSA) is 95.9 Å². The van der Waals surface area contributed by atoms with Gasteiger partial charge in [-0.25, -0.2) is 4.98 Å². The summed E-state index contributed by atoms with van der Waals surface area (Å²) in [4.78, 5) is 33.5. The molecule has 4 rings (SSSR count). The number of amides is 2. The first-order valence-electron chi connectivity index (χ1n) is 8.86. The lowest BCUT2D eigenvalue weighted by Gasteiger charge is -2.30. The Morgan fingerprint density at radius 2 is 2.04 bits per heavy atom.